The molecule has 0 spiro atoms. The largest absolute Gasteiger partial charge is 1.00 e. The molecule has 0 fully saturated rings. The normalized spacial score (nSPS) is 9.28. The molecule has 3 nitrogen and oxygen atoms in total. The summed E-state index contributed by atoms with van der Waals surface area (Å²) in [5.74, 6) is 0. The fraction of sp³-hybridized carbons (Fsp3) is 0.211. The third-order valence-corrected chi connectivity index (χ3v) is 4.35. The van der Waals surface area contributed by atoms with Gasteiger partial charge in [0.2, 0.25) is 6.09 Å². The van der Waals surface area contributed by atoms with E-state index in [1.165, 1.54) is 5.19 Å². The van der Waals surface area contributed by atoms with Crippen LogP contribution in [0.4, 0.5) is 10.5 Å². The Morgan fingerprint density at radius 3 is 2.00 bits per heavy atom. The monoisotopic (exact) mass is 395 g/mol. The van der Waals surface area contributed by atoms with Crippen LogP contribution in [0, 0.1) is 0 Å². The molecule has 132 valence electrons. The van der Waals surface area contributed by atoms with E-state index in [0.717, 1.165) is 0 Å². The van der Waals surface area contributed by atoms with Crippen molar-refractivity contribution in [3.05, 3.63) is 78.1 Å². The van der Waals surface area contributed by atoms with Crippen LogP contribution in [0.1, 0.15) is 6.92 Å². The Morgan fingerprint density at radius 2 is 1.56 bits per heavy atom. The van der Waals surface area contributed by atoms with Crippen LogP contribution in [0.5, 0.6) is 0 Å². The van der Waals surface area contributed by atoms with Gasteiger partial charge >= 0.3 is 18.9 Å². The van der Waals surface area contributed by atoms with Gasteiger partial charge in [-0.3, -0.25) is 4.79 Å². The number of nitrogens with zero attached hydrogens (tertiary/aromatic N) is 1. The number of benzene rings is 2. The summed E-state index contributed by atoms with van der Waals surface area (Å²) in [7, 11) is -0.212. The summed E-state index contributed by atoms with van der Waals surface area (Å²) in [5.41, 5.74) is 0.609. The summed E-state index contributed by atoms with van der Waals surface area (Å²) in [5, 5.41) is 5.25. The number of carbonyl (C=O) groups excluding carboxylic acids is 1. The molecule has 2 aromatic carbocycles. The van der Waals surface area contributed by atoms with Crippen molar-refractivity contribution in [3.63, 3.8) is 0 Å². The average Bonchev–Trinajstić information content (AvgIpc) is 2.57. The third kappa shape index (κ3) is 12.7. The molecule has 0 heterocycles. The minimum absolute atomic E-state index is 0. The zero-order chi connectivity index (χ0) is 16.9. The van der Waals surface area contributed by atoms with Gasteiger partial charge in [0.05, 0.1) is 8.80 Å². The molecule has 0 saturated carbocycles. The van der Waals surface area contributed by atoms with E-state index in [-0.39, 0.29) is 51.3 Å². The van der Waals surface area contributed by atoms with Crippen molar-refractivity contribution in [2.75, 3.05) is 6.61 Å². The van der Waals surface area contributed by atoms with E-state index in [1.54, 1.807) is 18.2 Å². The molecule has 0 unspecified atom stereocenters. The molecule has 0 bridgehead atoms. The van der Waals surface area contributed by atoms with E-state index < -0.39 is 6.09 Å². The van der Waals surface area contributed by atoms with Crippen molar-refractivity contribution in [1.82, 2.24) is 0 Å². The molecule has 0 saturated heterocycles. The van der Waals surface area contributed by atoms with E-state index in [2.05, 4.69) is 48.7 Å². The number of amides is 1. The summed E-state index contributed by atoms with van der Waals surface area (Å²) < 4.78 is 4.79. The predicted octanol–water partition coefficient (Wildman–Crippen LogP) is 2.05. The van der Waals surface area contributed by atoms with E-state index >= 15 is 0 Å². The van der Waals surface area contributed by atoms with Gasteiger partial charge in [-0.15, -0.1) is 5.69 Å². The van der Waals surface area contributed by atoms with Gasteiger partial charge in [0.25, 0.3) is 0 Å². The second-order valence-electron chi connectivity index (χ2n) is 4.96. The molecule has 1 amide bonds. The summed E-state index contributed by atoms with van der Waals surface area (Å²) in [6, 6.07) is 19.7. The summed E-state index contributed by atoms with van der Waals surface area (Å²) in [6.45, 7) is 6.74. The first kappa shape index (κ1) is 26.0. The molecule has 0 aliphatic carbocycles. The SMILES string of the molecule is C/C=C/COC(=O)[N-]c1ccccc1.C[Si](C)c1ccccc1.[Cu].[Li+]. The molecule has 0 atom stereocenters. The smallest absolute Gasteiger partial charge is 0.591 e. The second-order valence-corrected chi connectivity index (χ2v) is 7.54. The van der Waals surface area contributed by atoms with Gasteiger partial charge in [-0.25, -0.2) is 0 Å². The number of rotatable bonds is 4. The molecule has 0 aliphatic rings. The van der Waals surface area contributed by atoms with Crippen molar-refractivity contribution in [3.8, 4) is 0 Å². The molecular formula is C19H23CuLiNO2Si. The molecule has 0 aliphatic heterocycles. The average molecular weight is 396 g/mol. The second kappa shape index (κ2) is 16.3. The molecule has 25 heavy (non-hydrogen) atoms. The number of ether oxygens (including phenoxy) is 1. The van der Waals surface area contributed by atoms with Gasteiger partial charge in [-0.1, -0.05) is 91.1 Å². The van der Waals surface area contributed by atoms with Crippen LogP contribution in [0.25, 0.3) is 5.32 Å². The van der Waals surface area contributed by atoms with Crippen LogP contribution < -0.4 is 24.0 Å². The van der Waals surface area contributed by atoms with Crippen molar-refractivity contribution in [2.45, 2.75) is 20.0 Å². The zero-order valence-electron chi connectivity index (χ0n) is 15.2. The summed E-state index contributed by atoms with van der Waals surface area (Å²) in [4.78, 5) is 11.1. The first-order chi connectivity index (χ1) is 11.1. The fourth-order valence-corrected chi connectivity index (χ4v) is 2.49. The number of para-hydroxylation sites is 1. The summed E-state index contributed by atoms with van der Waals surface area (Å²) >= 11 is 0. The predicted molar refractivity (Wildman–Crippen MR) is 99.2 cm³/mol. The van der Waals surface area contributed by atoms with Gasteiger partial charge in [0.15, 0.2) is 0 Å². The van der Waals surface area contributed by atoms with E-state index in [0.29, 0.717) is 5.69 Å². The topological polar surface area (TPSA) is 40.4 Å². The fourth-order valence-electron chi connectivity index (χ4n) is 1.63. The Labute approximate surface area is 175 Å². The number of allylic oxidation sites excluding steroid dienone is 1. The van der Waals surface area contributed by atoms with Crippen LogP contribution in [0.3, 0.4) is 0 Å². The maximum absolute atomic E-state index is 11.1. The Hall–Kier alpha value is -1.22. The van der Waals surface area contributed by atoms with E-state index in [4.69, 9.17) is 4.74 Å². The van der Waals surface area contributed by atoms with Gasteiger partial charge in [0.1, 0.15) is 6.61 Å². The third-order valence-electron chi connectivity index (χ3n) is 2.87. The molecule has 2 radical (unpaired) electrons. The first-order valence-electron chi connectivity index (χ1n) is 7.53. The zero-order valence-corrected chi connectivity index (χ0v) is 17.1. The number of hydrogen-bond acceptors (Lipinski definition) is 2. The van der Waals surface area contributed by atoms with E-state index in [9.17, 15) is 4.79 Å². The van der Waals surface area contributed by atoms with Crippen LogP contribution >= 0.6 is 0 Å². The summed E-state index contributed by atoms with van der Waals surface area (Å²) in [6.07, 6.45) is 3.00. The van der Waals surface area contributed by atoms with Gasteiger partial charge in [0, 0.05) is 17.1 Å². The molecule has 2 rings (SSSR count). The van der Waals surface area contributed by atoms with Gasteiger partial charge in [-0.2, -0.15) is 0 Å². The first-order valence-corrected chi connectivity index (χ1v) is 10.0. The van der Waals surface area contributed by atoms with Crippen molar-refractivity contribution in [1.29, 1.82) is 0 Å². The maximum atomic E-state index is 11.1. The van der Waals surface area contributed by atoms with Crippen LogP contribution in [-0.2, 0) is 21.8 Å². The van der Waals surface area contributed by atoms with Crippen LogP contribution in [0.2, 0.25) is 13.1 Å². The Bertz CT molecular complexity index is 595. The quantitative estimate of drug-likeness (QED) is 0.587. The molecule has 6 heteroatoms. The minimum atomic E-state index is -0.561. The molecular weight excluding hydrogens is 373 g/mol. The maximum Gasteiger partial charge on any atom is 1.00 e. The van der Waals surface area contributed by atoms with E-state index in [1.807, 2.05) is 31.2 Å². The van der Waals surface area contributed by atoms with Crippen molar-refractivity contribution >= 4 is 25.8 Å². The van der Waals surface area contributed by atoms with Crippen molar-refractivity contribution < 1.29 is 45.5 Å². The van der Waals surface area contributed by atoms with Gasteiger partial charge in [-0.05, 0) is 6.92 Å². The molecule has 2 aromatic rings. The van der Waals surface area contributed by atoms with Gasteiger partial charge < -0.3 is 10.1 Å². The minimum Gasteiger partial charge on any atom is -0.591 e. The Balaban J connectivity index is 0. The van der Waals surface area contributed by atoms with Crippen LogP contribution in [0.15, 0.2) is 72.8 Å². The number of hydrogen-bond donors (Lipinski definition) is 0. The Kier molecular flexibility index (Phi) is 16.9. The standard InChI is InChI=1S/C11H13NO2.C8H11Si.Cu.Li/c1-2-3-9-14-11(13)12-10-7-5-4-6-8-10;1-9(2)8-6-4-3-5-7-8;;/h2-8H,9H2,1H3,(H,12,13);3-7H,1-2H3;;/q;;;+1/p-1/b3-2+;;;. The molecule has 0 aromatic heterocycles. The van der Waals surface area contributed by atoms with Crippen molar-refractivity contribution in [2.24, 2.45) is 0 Å². The Morgan fingerprint density at radius 1 is 1.04 bits per heavy atom. The number of carbonyl (C=O) groups is 1. The molecule has 0 N–H and O–H groups in total. The van der Waals surface area contributed by atoms with Crippen LogP contribution in [-0.4, -0.2) is 21.5 Å².